The van der Waals surface area contributed by atoms with Gasteiger partial charge in [-0.25, -0.2) is 4.79 Å². The molecule has 100 valence electrons. The topological polar surface area (TPSA) is 50.4 Å². The van der Waals surface area contributed by atoms with E-state index < -0.39 is 0 Å². The van der Waals surface area contributed by atoms with E-state index in [4.69, 9.17) is 4.74 Å². The zero-order chi connectivity index (χ0) is 13.6. The quantitative estimate of drug-likeness (QED) is 0.861. The van der Waals surface area contributed by atoms with Crippen LogP contribution in [0.3, 0.4) is 0 Å². The lowest BCUT2D eigenvalue weighted by atomic mass is 10.1. The highest BCUT2D eigenvalue weighted by molar-refractivity contribution is 5.74. The van der Waals surface area contributed by atoms with Crippen molar-refractivity contribution in [3.8, 4) is 5.75 Å². The van der Waals surface area contributed by atoms with Gasteiger partial charge in [-0.2, -0.15) is 0 Å². The molecule has 2 amide bonds. The monoisotopic (exact) mass is 250 g/mol. The second-order valence-electron chi connectivity index (χ2n) is 5.23. The molecule has 0 spiro atoms. The van der Waals surface area contributed by atoms with Crippen molar-refractivity contribution in [3.05, 3.63) is 29.8 Å². The predicted octanol–water partition coefficient (Wildman–Crippen LogP) is 2.34. The van der Waals surface area contributed by atoms with Crippen molar-refractivity contribution in [1.82, 2.24) is 10.6 Å². The molecule has 1 rings (SSSR count). The van der Waals surface area contributed by atoms with Crippen LogP contribution in [0.15, 0.2) is 24.3 Å². The van der Waals surface area contributed by atoms with Crippen molar-refractivity contribution >= 4 is 6.03 Å². The van der Waals surface area contributed by atoms with Crippen LogP contribution in [-0.4, -0.2) is 25.2 Å². The van der Waals surface area contributed by atoms with E-state index in [9.17, 15) is 4.79 Å². The summed E-state index contributed by atoms with van der Waals surface area (Å²) in [5, 5.41) is 5.69. The molecule has 0 radical (unpaired) electrons. The molecule has 18 heavy (non-hydrogen) atoms. The van der Waals surface area contributed by atoms with Gasteiger partial charge >= 0.3 is 6.03 Å². The van der Waals surface area contributed by atoms with Gasteiger partial charge in [0.15, 0.2) is 0 Å². The van der Waals surface area contributed by atoms with E-state index in [2.05, 4.69) is 10.6 Å². The number of urea groups is 1. The Morgan fingerprint density at radius 3 is 2.33 bits per heavy atom. The predicted molar refractivity (Wildman–Crippen MR) is 73.0 cm³/mol. The summed E-state index contributed by atoms with van der Waals surface area (Å²) in [4.78, 5) is 11.5. The van der Waals surface area contributed by atoms with Crippen molar-refractivity contribution in [1.29, 1.82) is 0 Å². The fraction of sp³-hybridized carbons (Fsp3) is 0.500. The normalized spacial score (nSPS) is 10.9. The van der Waals surface area contributed by atoms with Crippen LogP contribution in [0.4, 0.5) is 4.79 Å². The van der Waals surface area contributed by atoms with Gasteiger partial charge in [0.05, 0.1) is 7.11 Å². The average molecular weight is 250 g/mol. The third kappa shape index (κ3) is 5.57. The molecule has 1 aromatic carbocycles. The summed E-state index contributed by atoms with van der Waals surface area (Å²) in [7, 11) is 1.65. The van der Waals surface area contributed by atoms with Crippen molar-refractivity contribution in [2.24, 2.45) is 0 Å². The molecule has 0 fully saturated rings. The van der Waals surface area contributed by atoms with Crippen LogP contribution in [0.1, 0.15) is 26.3 Å². The van der Waals surface area contributed by atoms with Crippen LogP contribution < -0.4 is 15.4 Å². The average Bonchev–Trinajstić information content (AvgIpc) is 2.27. The molecule has 0 atom stereocenters. The third-order valence-electron chi connectivity index (χ3n) is 2.35. The van der Waals surface area contributed by atoms with E-state index in [1.165, 1.54) is 5.56 Å². The van der Waals surface area contributed by atoms with Gasteiger partial charge in [0.2, 0.25) is 0 Å². The molecule has 0 saturated heterocycles. The maximum Gasteiger partial charge on any atom is 0.315 e. The van der Waals surface area contributed by atoms with Crippen molar-refractivity contribution in [2.75, 3.05) is 13.7 Å². The van der Waals surface area contributed by atoms with Crippen molar-refractivity contribution in [2.45, 2.75) is 32.7 Å². The molecule has 2 N–H and O–H groups in total. The van der Waals surface area contributed by atoms with Gasteiger partial charge in [-0.3, -0.25) is 0 Å². The highest BCUT2D eigenvalue weighted by Crippen LogP contribution is 2.11. The van der Waals surface area contributed by atoms with E-state index in [1.807, 2.05) is 45.0 Å². The minimum Gasteiger partial charge on any atom is -0.497 e. The zero-order valence-electron chi connectivity index (χ0n) is 11.5. The fourth-order valence-corrected chi connectivity index (χ4v) is 1.50. The Balaban J connectivity index is 2.30. The number of carbonyl (C=O) groups is 1. The number of methoxy groups -OCH3 is 1. The number of rotatable bonds is 4. The highest BCUT2D eigenvalue weighted by atomic mass is 16.5. The first-order chi connectivity index (χ1) is 8.40. The number of ether oxygens (including phenoxy) is 1. The molecular weight excluding hydrogens is 228 g/mol. The van der Waals surface area contributed by atoms with Crippen molar-refractivity contribution in [3.63, 3.8) is 0 Å². The van der Waals surface area contributed by atoms with Crippen LogP contribution in [0.5, 0.6) is 5.75 Å². The van der Waals surface area contributed by atoms with Crippen molar-refractivity contribution < 1.29 is 9.53 Å². The summed E-state index contributed by atoms with van der Waals surface area (Å²) in [6.07, 6.45) is 0.807. The summed E-state index contributed by atoms with van der Waals surface area (Å²) < 4.78 is 5.09. The molecule has 0 aliphatic carbocycles. The van der Waals surface area contributed by atoms with Crippen LogP contribution in [-0.2, 0) is 6.42 Å². The number of hydrogen-bond donors (Lipinski definition) is 2. The molecule has 0 heterocycles. The second kappa shape index (κ2) is 6.28. The standard InChI is InChI=1S/C14H22N2O2/c1-14(2,3)16-13(17)15-10-9-11-5-7-12(18-4)8-6-11/h5-8H,9-10H2,1-4H3,(H2,15,16,17). The second-order valence-corrected chi connectivity index (χ2v) is 5.23. The Bertz CT molecular complexity index is 380. The maximum absolute atomic E-state index is 11.5. The number of benzene rings is 1. The molecular formula is C14H22N2O2. The minimum absolute atomic E-state index is 0.129. The van der Waals surface area contributed by atoms with Gasteiger partial charge in [-0.05, 0) is 44.9 Å². The molecule has 0 aliphatic heterocycles. The molecule has 4 nitrogen and oxygen atoms in total. The number of nitrogens with one attached hydrogen (secondary N) is 2. The SMILES string of the molecule is COc1ccc(CCNC(=O)NC(C)(C)C)cc1. The van der Waals surface area contributed by atoms with E-state index >= 15 is 0 Å². The molecule has 1 aromatic rings. The fourth-order valence-electron chi connectivity index (χ4n) is 1.50. The van der Waals surface area contributed by atoms with Gasteiger partial charge in [-0.1, -0.05) is 12.1 Å². The molecule has 0 saturated carbocycles. The van der Waals surface area contributed by atoms with Gasteiger partial charge in [0, 0.05) is 12.1 Å². The summed E-state index contributed by atoms with van der Waals surface area (Å²) in [5.41, 5.74) is 0.969. The number of carbonyl (C=O) groups excluding carboxylic acids is 1. The largest absolute Gasteiger partial charge is 0.497 e. The van der Waals surface area contributed by atoms with E-state index in [1.54, 1.807) is 7.11 Å². The molecule has 0 aliphatic rings. The number of hydrogen-bond acceptors (Lipinski definition) is 2. The lowest BCUT2D eigenvalue weighted by molar-refractivity contribution is 0.232. The molecule has 0 bridgehead atoms. The number of amides is 2. The first-order valence-electron chi connectivity index (χ1n) is 6.09. The van der Waals surface area contributed by atoms with Gasteiger partial charge in [0.1, 0.15) is 5.75 Å². The van der Waals surface area contributed by atoms with E-state index in [-0.39, 0.29) is 11.6 Å². The highest BCUT2D eigenvalue weighted by Gasteiger charge is 2.12. The van der Waals surface area contributed by atoms with Crippen LogP contribution in [0.2, 0.25) is 0 Å². The Morgan fingerprint density at radius 2 is 1.83 bits per heavy atom. The zero-order valence-corrected chi connectivity index (χ0v) is 11.5. The lowest BCUT2D eigenvalue weighted by Crippen LogP contribution is -2.46. The Hall–Kier alpha value is -1.71. The summed E-state index contributed by atoms with van der Waals surface area (Å²) in [6.45, 7) is 6.48. The van der Waals surface area contributed by atoms with Gasteiger partial charge in [0.25, 0.3) is 0 Å². The first kappa shape index (κ1) is 14.4. The van der Waals surface area contributed by atoms with Gasteiger partial charge < -0.3 is 15.4 Å². The van der Waals surface area contributed by atoms with E-state index in [0.29, 0.717) is 6.54 Å². The molecule has 0 aromatic heterocycles. The maximum atomic E-state index is 11.5. The Labute approximate surface area is 109 Å². The molecule has 4 heteroatoms. The lowest BCUT2D eigenvalue weighted by Gasteiger charge is -2.20. The minimum atomic E-state index is -0.204. The smallest absolute Gasteiger partial charge is 0.315 e. The van der Waals surface area contributed by atoms with Crippen LogP contribution in [0, 0.1) is 0 Å². The summed E-state index contributed by atoms with van der Waals surface area (Å²) in [6, 6.07) is 7.72. The Kier molecular flexibility index (Phi) is 5.01. The third-order valence-corrected chi connectivity index (χ3v) is 2.35. The van der Waals surface area contributed by atoms with Crippen LogP contribution in [0.25, 0.3) is 0 Å². The van der Waals surface area contributed by atoms with Gasteiger partial charge in [-0.15, -0.1) is 0 Å². The summed E-state index contributed by atoms with van der Waals surface area (Å²) in [5.74, 6) is 0.845. The summed E-state index contributed by atoms with van der Waals surface area (Å²) >= 11 is 0. The Morgan fingerprint density at radius 1 is 1.22 bits per heavy atom. The van der Waals surface area contributed by atoms with E-state index in [0.717, 1.165) is 12.2 Å². The molecule has 0 unspecified atom stereocenters. The van der Waals surface area contributed by atoms with Crippen LogP contribution >= 0.6 is 0 Å². The first-order valence-corrected chi connectivity index (χ1v) is 6.09.